The van der Waals surface area contributed by atoms with E-state index in [1.807, 2.05) is 0 Å². The summed E-state index contributed by atoms with van der Waals surface area (Å²) in [5.74, 6) is -0.656. The second kappa shape index (κ2) is 5.72. The number of hydrogen-bond donors (Lipinski definition) is 2. The fourth-order valence-corrected chi connectivity index (χ4v) is 3.49. The zero-order valence-electron chi connectivity index (χ0n) is 10.9. The number of aromatic amines is 1. The quantitative estimate of drug-likeness (QED) is 0.752. The van der Waals surface area contributed by atoms with E-state index in [0.717, 1.165) is 16.9 Å². The molecule has 3 aromatic rings. The van der Waals surface area contributed by atoms with Crippen LogP contribution in [-0.2, 0) is 6.42 Å². The Bertz CT molecular complexity index is 929. The van der Waals surface area contributed by atoms with E-state index < -0.39 is 5.97 Å². The van der Waals surface area contributed by atoms with Gasteiger partial charge in [-0.05, 0) is 29.8 Å². The Morgan fingerprint density at radius 2 is 1.91 bits per heavy atom. The van der Waals surface area contributed by atoms with Crippen molar-refractivity contribution in [2.24, 2.45) is 0 Å². The first-order valence-electron chi connectivity index (χ1n) is 6.13. The molecule has 0 bridgehead atoms. The van der Waals surface area contributed by atoms with E-state index >= 15 is 0 Å². The van der Waals surface area contributed by atoms with Crippen molar-refractivity contribution >= 4 is 50.7 Å². The minimum absolute atomic E-state index is 0.0796. The van der Waals surface area contributed by atoms with E-state index in [4.69, 9.17) is 28.3 Å². The molecule has 0 aliphatic carbocycles. The maximum absolute atomic E-state index is 12.0. The third-order valence-electron chi connectivity index (χ3n) is 2.94. The number of hydrogen-bond acceptors (Lipinski definition) is 4. The first-order valence-corrected chi connectivity index (χ1v) is 7.70. The van der Waals surface area contributed by atoms with Gasteiger partial charge in [0.15, 0.2) is 0 Å². The normalized spacial score (nSPS) is 11.0. The average molecular weight is 355 g/mol. The molecule has 2 N–H and O–H groups in total. The van der Waals surface area contributed by atoms with Crippen molar-refractivity contribution in [2.75, 3.05) is 0 Å². The van der Waals surface area contributed by atoms with Gasteiger partial charge >= 0.3 is 5.97 Å². The smallest absolute Gasteiger partial charge is 0.345 e. The Balaban J connectivity index is 2.04. The van der Waals surface area contributed by atoms with Gasteiger partial charge in [0.25, 0.3) is 5.56 Å². The van der Waals surface area contributed by atoms with E-state index in [1.54, 1.807) is 18.2 Å². The fourth-order valence-electron chi connectivity index (χ4n) is 2.08. The topological polar surface area (TPSA) is 83.0 Å². The number of carboxylic acid groups (broad SMARTS) is 1. The zero-order chi connectivity index (χ0) is 15.9. The largest absolute Gasteiger partial charge is 0.477 e. The number of carbonyl (C=O) groups is 1. The van der Waals surface area contributed by atoms with Gasteiger partial charge in [0.2, 0.25) is 0 Å². The number of nitrogens with one attached hydrogen (secondary N) is 1. The molecule has 0 aliphatic rings. The molecule has 2 aromatic heterocycles. The summed E-state index contributed by atoms with van der Waals surface area (Å²) in [4.78, 5) is 30.0. The number of rotatable bonds is 3. The number of aromatic nitrogens is 2. The molecule has 3 rings (SSSR count). The van der Waals surface area contributed by atoms with E-state index in [1.165, 1.54) is 6.07 Å². The minimum atomic E-state index is -1.08. The second-order valence-electron chi connectivity index (χ2n) is 4.60. The van der Waals surface area contributed by atoms with Crippen molar-refractivity contribution < 1.29 is 9.90 Å². The molecule has 5 nitrogen and oxygen atoms in total. The molecule has 0 fully saturated rings. The van der Waals surface area contributed by atoms with Crippen molar-refractivity contribution in [3.63, 3.8) is 0 Å². The summed E-state index contributed by atoms with van der Waals surface area (Å²) in [6.07, 6.45) is 0.337. The van der Waals surface area contributed by atoms with Gasteiger partial charge in [-0.25, -0.2) is 9.78 Å². The van der Waals surface area contributed by atoms with Gasteiger partial charge in [0, 0.05) is 16.5 Å². The molecule has 0 saturated heterocycles. The number of H-pyrrole nitrogens is 1. The van der Waals surface area contributed by atoms with Crippen molar-refractivity contribution in [3.05, 3.63) is 60.9 Å². The van der Waals surface area contributed by atoms with E-state index in [0.29, 0.717) is 32.5 Å². The van der Waals surface area contributed by atoms with Gasteiger partial charge in [-0.1, -0.05) is 23.2 Å². The first-order chi connectivity index (χ1) is 10.4. The molecular weight excluding hydrogens is 347 g/mol. The molecular formula is C14H8Cl2N2O3S. The standard InChI is InChI=1S/C14H8Cl2N2O3S/c15-7-1-6(2-8(16)4-7)3-11-17-9-5-10(14(20)21)22-12(9)13(19)18-11/h1-2,4-5H,3H2,(H,20,21)(H,17,18,19). The van der Waals surface area contributed by atoms with Gasteiger partial charge in [-0.15, -0.1) is 11.3 Å². The van der Waals surface area contributed by atoms with E-state index in [-0.39, 0.29) is 10.4 Å². The summed E-state index contributed by atoms with van der Waals surface area (Å²) in [5.41, 5.74) is 0.814. The lowest BCUT2D eigenvalue weighted by Crippen LogP contribution is -2.10. The molecule has 2 heterocycles. The Kier molecular flexibility index (Phi) is 3.90. The Labute approximate surface area is 138 Å². The van der Waals surface area contributed by atoms with Crippen LogP contribution in [0.1, 0.15) is 21.1 Å². The lowest BCUT2D eigenvalue weighted by Gasteiger charge is -2.03. The fraction of sp³-hybridized carbons (Fsp3) is 0.0714. The Morgan fingerprint density at radius 1 is 1.23 bits per heavy atom. The van der Waals surface area contributed by atoms with Gasteiger partial charge in [-0.3, -0.25) is 4.79 Å². The summed E-state index contributed by atoms with van der Waals surface area (Å²) in [6.45, 7) is 0. The molecule has 1 aromatic carbocycles. The van der Waals surface area contributed by atoms with Crippen molar-refractivity contribution in [2.45, 2.75) is 6.42 Å². The monoisotopic (exact) mass is 354 g/mol. The van der Waals surface area contributed by atoms with Crippen LogP contribution in [0.3, 0.4) is 0 Å². The molecule has 0 aliphatic heterocycles. The molecule has 0 radical (unpaired) electrons. The molecule has 0 amide bonds. The van der Waals surface area contributed by atoms with Crippen LogP contribution in [0.15, 0.2) is 29.1 Å². The predicted molar refractivity (Wildman–Crippen MR) is 86.5 cm³/mol. The first kappa shape index (κ1) is 15.0. The highest BCUT2D eigenvalue weighted by Crippen LogP contribution is 2.23. The maximum atomic E-state index is 12.0. The van der Waals surface area contributed by atoms with Crippen molar-refractivity contribution in [1.82, 2.24) is 9.97 Å². The molecule has 0 atom stereocenters. The van der Waals surface area contributed by atoms with Crippen LogP contribution in [0.4, 0.5) is 0 Å². The molecule has 0 saturated carbocycles. The summed E-state index contributed by atoms with van der Waals surface area (Å²) >= 11 is 12.8. The number of nitrogens with zero attached hydrogens (tertiary/aromatic N) is 1. The van der Waals surface area contributed by atoms with Crippen LogP contribution < -0.4 is 5.56 Å². The number of carboxylic acids is 1. The van der Waals surface area contributed by atoms with Gasteiger partial charge in [0.1, 0.15) is 15.4 Å². The lowest BCUT2D eigenvalue weighted by molar-refractivity contribution is 0.0702. The highest BCUT2D eigenvalue weighted by Gasteiger charge is 2.13. The number of thiophene rings is 1. The number of halogens is 2. The second-order valence-corrected chi connectivity index (χ2v) is 6.52. The van der Waals surface area contributed by atoms with Crippen LogP contribution >= 0.6 is 34.5 Å². The third-order valence-corrected chi connectivity index (χ3v) is 4.48. The van der Waals surface area contributed by atoms with Gasteiger partial charge < -0.3 is 10.1 Å². The number of benzene rings is 1. The summed E-state index contributed by atoms with van der Waals surface area (Å²) in [7, 11) is 0. The van der Waals surface area contributed by atoms with Crippen LogP contribution in [0.25, 0.3) is 10.2 Å². The predicted octanol–water partition coefficient (Wildman–Crippen LogP) is 3.58. The number of fused-ring (bicyclic) bond motifs is 1. The van der Waals surface area contributed by atoms with Crippen LogP contribution in [-0.4, -0.2) is 21.0 Å². The van der Waals surface area contributed by atoms with Gasteiger partial charge in [0.05, 0.1) is 5.52 Å². The maximum Gasteiger partial charge on any atom is 0.345 e. The third kappa shape index (κ3) is 2.99. The highest BCUT2D eigenvalue weighted by molar-refractivity contribution is 7.20. The Hall–Kier alpha value is -1.89. The lowest BCUT2D eigenvalue weighted by atomic mass is 10.1. The van der Waals surface area contributed by atoms with E-state index in [9.17, 15) is 9.59 Å². The SMILES string of the molecule is O=C(O)c1cc2nc(Cc3cc(Cl)cc(Cl)c3)[nH]c(=O)c2s1. The Morgan fingerprint density at radius 3 is 2.55 bits per heavy atom. The van der Waals surface area contributed by atoms with Crippen molar-refractivity contribution in [1.29, 1.82) is 0 Å². The summed E-state index contributed by atoms with van der Waals surface area (Å²) < 4.78 is 0.297. The van der Waals surface area contributed by atoms with Crippen LogP contribution in [0.2, 0.25) is 10.0 Å². The highest BCUT2D eigenvalue weighted by atomic mass is 35.5. The molecule has 0 unspecified atom stereocenters. The van der Waals surface area contributed by atoms with Gasteiger partial charge in [-0.2, -0.15) is 0 Å². The van der Waals surface area contributed by atoms with Crippen molar-refractivity contribution in [3.8, 4) is 0 Å². The summed E-state index contributed by atoms with van der Waals surface area (Å²) in [6, 6.07) is 6.47. The van der Waals surface area contributed by atoms with Crippen LogP contribution in [0, 0.1) is 0 Å². The number of aromatic carboxylic acids is 1. The van der Waals surface area contributed by atoms with Crippen LogP contribution in [0.5, 0.6) is 0 Å². The molecule has 22 heavy (non-hydrogen) atoms. The average Bonchev–Trinajstić information content (AvgIpc) is 2.82. The minimum Gasteiger partial charge on any atom is -0.477 e. The molecule has 8 heteroatoms. The zero-order valence-corrected chi connectivity index (χ0v) is 13.2. The molecule has 0 spiro atoms. The summed E-state index contributed by atoms with van der Waals surface area (Å²) in [5, 5.41) is 9.97. The molecule has 112 valence electrons. The van der Waals surface area contributed by atoms with E-state index in [2.05, 4.69) is 9.97 Å².